The van der Waals surface area contributed by atoms with Gasteiger partial charge in [-0.1, -0.05) is 6.07 Å². The molecule has 0 aliphatic rings. The van der Waals surface area contributed by atoms with Crippen molar-refractivity contribution in [1.29, 1.82) is 5.26 Å². The minimum atomic E-state index is -0.620. The molecule has 1 amide bonds. The van der Waals surface area contributed by atoms with Gasteiger partial charge in [-0.3, -0.25) is 4.79 Å². The first-order valence-electron chi connectivity index (χ1n) is 7.75. The van der Waals surface area contributed by atoms with Gasteiger partial charge in [-0.2, -0.15) is 5.26 Å². The molecule has 1 N–H and O–H groups in total. The van der Waals surface area contributed by atoms with E-state index in [4.69, 9.17) is 19.5 Å². The first kappa shape index (κ1) is 19.3. The molecule has 1 aromatic carbocycles. The molecule has 1 aromatic heterocycles. The molecular weight excluding hydrogens is 356 g/mol. The van der Waals surface area contributed by atoms with Gasteiger partial charge in [-0.25, -0.2) is 4.79 Å². The van der Waals surface area contributed by atoms with E-state index in [0.29, 0.717) is 29.2 Å². The number of methoxy groups -OCH3 is 2. The lowest BCUT2D eigenvalue weighted by Gasteiger charge is -2.15. The van der Waals surface area contributed by atoms with Gasteiger partial charge >= 0.3 is 5.97 Å². The summed E-state index contributed by atoms with van der Waals surface area (Å²) in [7, 11) is 2.91. The Kier molecular flexibility index (Phi) is 7.00. The standard InChI is InChI=1S/C18H18N2O5S/c1-23-14-10-12(18(22)25-8-4-3-7-19)13(11-15(14)24-2)20-17(21)16-6-5-9-26-16/h5-6,9-11H,3-4,8H2,1-2H3,(H,20,21). The molecule has 0 bridgehead atoms. The molecule has 7 nitrogen and oxygen atoms in total. The van der Waals surface area contributed by atoms with Crippen LogP contribution in [0.3, 0.4) is 0 Å². The van der Waals surface area contributed by atoms with Gasteiger partial charge in [0.05, 0.1) is 43.0 Å². The highest BCUT2D eigenvalue weighted by Crippen LogP contribution is 2.34. The van der Waals surface area contributed by atoms with Gasteiger partial charge < -0.3 is 19.5 Å². The van der Waals surface area contributed by atoms with E-state index in [1.54, 1.807) is 17.5 Å². The highest BCUT2D eigenvalue weighted by atomic mass is 32.1. The fourth-order valence-corrected chi connectivity index (χ4v) is 2.76. The van der Waals surface area contributed by atoms with Crippen molar-refractivity contribution in [2.45, 2.75) is 12.8 Å². The Hall–Kier alpha value is -3.05. The molecule has 0 saturated heterocycles. The smallest absolute Gasteiger partial charge is 0.340 e. The van der Waals surface area contributed by atoms with Crippen LogP contribution in [0.25, 0.3) is 0 Å². The zero-order valence-electron chi connectivity index (χ0n) is 14.4. The Labute approximate surface area is 155 Å². The number of nitriles is 1. The molecule has 0 atom stereocenters. The second kappa shape index (κ2) is 9.44. The zero-order chi connectivity index (χ0) is 18.9. The Morgan fingerprint density at radius 1 is 1.23 bits per heavy atom. The molecule has 2 rings (SSSR count). The predicted octanol–water partition coefficient (Wildman–Crippen LogP) is 3.48. The van der Waals surface area contributed by atoms with E-state index in [0.717, 1.165) is 0 Å². The van der Waals surface area contributed by atoms with E-state index in [9.17, 15) is 9.59 Å². The van der Waals surface area contributed by atoms with Crippen molar-refractivity contribution in [2.24, 2.45) is 0 Å². The molecule has 0 aliphatic carbocycles. The van der Waals surface area contributed by atoms with Gasteiger partial charge in [-0.15, -0.1) is 11.3 Å². The molecule has 0 radical (unpaired) electrons. The lowest BCUT2D eigenvalue weighted by molar-refractivity contribution is 0.0502. The fraction of sp³-hybridized carbons (Fsp3) is 0.278. The summed E-state index contributed by atoms with van der Waals surface area (Å²) in [6.07, 6.45) is 0.730. The minimum Gasteiger partial charge on any atom is -0.493 e. The number of rotatable bonds is 8. The molecule has 1 heterocycles. The van der Waals surface area contributed by atoms with Crippen LogP contribution in [0.1, 0.15) is 32.9 Å². The van der Waals surface area contributed by atoms with Crippen LogP contribution >= 0.6 is 11.3 Å². The molecule has 2 aromatic rings. The molecule has 0 aliphatic heterocycles. The number of carbonyl (C=O) groups excluding carboxylic acids is 2. The van der Waals surface area contributed by atoms with Crippen LogP contribution in [0.4, 0.5) is 5.69 Å². The number of hydrogen-bond donors (Lipinski definition) is 1. The fourth-order valence-electron chi connectivity index (χ4n) is 2.14. The van der Waals surface area contributed by atoms with Crippen molar-refractivity contribution in [1.82, 2.24) is 0 Å². The van der Waals surface area contributed by atoms with Gasteiger partial charge in [0, 0.05) is 18.6 Å². The molecule has 26 heavy (non-hydrogen) atoms. The van der Waals surface area contributed by atoms with Crippen LogP contribution in [-0.4, -0.2) is 32.7 Å². The Morgan fingerprint density at radius 2 is 1.96 bits per heavy atom. The number of ether oxygens (including phenoxy) is 3. The first-order valence-corrected chi connectivity index (χ1v) is 8.63. The maximum Gasteiger partial charge on any atom is 0.340 e. The van der Waals surface area contributed by atoms with Crippen LogP contribution in [-0.2, 0) is 4.74 Å². The number of hydrogen-bond acceptors (Lipinski definition) is 7. The number of thiophene rings is 1. The summed E-state index contributed by atoms with van der Waals surface area (Å²) in [5.41, 5.74) is 0.399. The number of unbranched alkanes of at least 4 members (excludes halogenated alkanes) is 1. The van der Waals surface area contributed by atoms with E-state index in [1.807, 2.05) is 6.07 Å². The van der Waals surface area contributed by atoms with Crippen LogP contribution in [0.2, 0.25) is 0 Å². The second-order valence-corrected chi connectivity index (χ2v) is 6.03. The number of amides is 1. The average Bonchev–Trinajstić information content (AvgIpc) is 3.19. The summed E-state index contributed by atoms with van der Waals surface area (Å²) < 4.78 is 15.6. The second-order valence-electron chi connectivity index (χ2n) is 5.08. The number of benzene rings is 1. The Morgan fingerprint density at radius 3 is 2.58 bits per heavy atom. The number of esters is 1. The van der Waals surface area contributed by atoms with Crippen molar-refractivity contribution >= 4 is 28.9 Å². The highest BCUT2D eigenvalue weighted by Gasteiger charge is 2.20. The van der Waals surface area contributed by atoms with E-state index >= 15 is 0 Å². The first-order chi connectivity index (χ1) is 12.6. The third-order valence-corrected chi connectivity index (χ3v) is 4.27. The topological polar surface area (TPSA) is 97.6 Å². The maximum absolute atomic E-state index is 12.4. The summed E-state index contributed by atoms with van der Waals surface area (Å²) in [5.74, 6) is -0.253. The van der Waals surface area contributed by atoms with Gasteiger partial charge in [0.15, 0.2) is 11.5 Å². The number of nitrogens with one attached hydrogen (secondary N) is 1. The van der Waals surface area contributed by atoms with E-state index in [-0.39, 0.29) is 23.8 Å². The monoisotopic (exact) mass is 374 g/mol. The van der Waals surface area contributed by atoms with Crippen LogP contribution in [0.5, 0.6) is 11.5 Å². The van der Waals surface area contributed by atoms with Crippen molar-refractivity contribution in [2.75, 3.05) is 26.1 Å². The summed E-state index contributed by atoms with van der Waals surface area (Å²) in [5, 5.41) is 13.0. The quantitative estimate of drug-likeness (QED) is 0.561. The average molecular weight is 374 g/mol. The highest BCUT2D eigenvalue weighted by molar-refractivity contribution is 7.12. The predicted molar refractivity (Wildman–Crippen MR) is 96.9 cm³/mol. The molecule has 0 fully saturated rings. The summed E-state index contributed by atoms with van der Waals surface area (Å²) in [4.78, 5) is 25.3. The molecule has 0 unspecified atom stereocenters. The van der Waals surface area contributed by atoms with Crippen LogP contribution in [0.15, 0.2) is 29.6 Å². The number of nitrogens with zero attached hydrogens (tertiary/aromatic N) is 1. The molecule has 0 saturated carbocycles. The minimum absolute atomic E-state index is 0.110. The van der Waals surface area contributed by atoms with Gasteiger partial charge in [0.2, 0.25) is 0 Å². The van der Waals surface area contributed by atoms with Crippen molar-refractivity contribution < 1.29 is 23.8 Å². The lowest BCUT2D eigenvalue weighted by atomic mass is 10.1. The number of carbonyl (C=O) groups is 2. The van der Waals surface area contributed by atoms with Gasteiger partial charge in [-0.05, 0) is 17.9 Å². The summed E-state index contributed by atoms with van der Waals surface area (Å²) in [6, 6.07) is 8.39. The molecular formula is C18H18N2O5S. The zero-order valence-corrected chi connectivity index (χ0v) is 15.2. The third-order valence-electron chi connectivity index (χ3n) is 3.40. The summed E-state index contributed by atoms with van der Waals surface area (Å²) >= 11 is 1.29. The maximum atomic E-state index is 12.4. The van der Waals surface area contributed by atoms with Crippen molar-refractivity contribution in [3.8, 4) is 17.6 Å². The van der Waals surface area contributed by atoms with Crippen LogP contribution < -0.4 is 14.8 Å². The largest absolute Gasteiger partial charge is 0.493 e. The SMILES string of the molecule is COc1cc(NC(=O)c2cccs2)c(C(=O)OCCCC#N)cc1OC. The Balaban J connectivity index is 2.29. The molecule has 0 spiro atoms. The van der Waals surface area contributed by atoms with E-state index < -0.39 is 5.97 Å². The number of anilines is 1. The van der Waals surface area contributed by atoms with E-state index in [2.05, 4.69) is 5.32 Å². The van der Waals surface area contributed by atoms with Gasteiger partial charge in [0.1, 0.15) is 0 Å². The van der Waals surface area contributed by atoms with E-state index in [1.165, 1.54) is 37.7 Å². The summed E-state index contributed by atoms with van der Waals surface area (Å²) in [6.45, 7) is 0.110. The lowest BCUT2D eigenvalue weighted by Crippen LogP contribution is -2.16. The van der Waals surface area contributed by atoms with Gasteiger partial charge in [0.25, 0.3) is 5.91 Å². The van der Waals surface area contributed by atoms with Crippen molar-refractivity contribution in [3.63, 3.8) is 0 Å². The molecule has 136 valence electrons. The Bertz CT molecular complexity index is 812. The normalized spacial score (nSPS) is 9.88. The third kappa shape index (κ3) is 4.74. The molecule has 8 heteroatoms. The van der Waals surface area contributed by atoms with Crippen molar-refractivity contribution in [3.05, 3.63) is 40.1 Å². The van der Waals surface area contributed by atoms with Crippen LogP contribution in [0, 0.1) is 11.3 Å².